The van der Waals surface area contributed by atoms with Crippen LogP contribution in [-0.4, -0.2) is 37.9 Å². The Labute approximate surface area is 192 Å². The second-order valence-electron chi connectivity index (χ2n) is 8.38. The lowest BCUT2D eigenvalue weighted by Crippen LogP contribution is -2.40. The van der Waals surface area contributed by atoms with Crippen molar-refractivity contribution in [2.45, 2.75) is 37.8 Å². The lowest BCUT2D eigenvalue weighted by molar-refractivity contribution is 0.0868. The summed E-state index contributed by atoms with van der Waals surface area (Å²) in [6.45, 7) is 0. The molecule has 9 heteroatoms. The van der Waals surface area contributed by atoms with E-state index >= 15 is 8.78 Å². The number of fused-ring (bicyclic) bond motifs is 1. The van der Waals surface area contributed by atoms with E-state index in [1.165, 1.54) is 23.5 Å². The highest BCUT2D eigenvalue weighted by molar-refractivity contribution is 7.17. The van der Waals surface area contributed by atoms with Gasteiger partial charge in [-0.05, 0) is 60.0 Å². The number of aliphatic hydroxyl groups excluding tert-OH is 1. The Bertz CT molecular complexity index is 1330. The third-order valence-electron chi connectivity index (χ3n) is 6.06. The van der Waals surface area contributed by atoms with Crippen LogP contribution in [0.4, 0.5) is 8.78 Å². The van der Waals surface area contributed by atoms with Crippen molar-refractivity contribution in [2.75, 3.05) is 0 Å². The van der Waals surface area contributed by atoms with E-state index in [0.717, 1.165) is 11.1 Å². The van der Waals surface area contributed by atoms with Crippen molar-refractivity contribution < 1.29 is 18.7 Å². The summed E-state index contributed by atoms with van der Waals surface area (Å²) in [5.41, 5.74) is 2.36. The number of halogens is 2. The molecule has 0 spiro atoms. The first-order valence-corrected chi connectivity index (χ1v) is 11.6. The number of hydrogen-bond acceptors (Lipinski definition) is 5. The van der Waals surface area contributed by atoms with E-state index < -0.39 is 23.6 Å². The van der Waals surface area contributed by atoms with Crippen LogP contribution in [0.5, 0.6) is 0 Å². The molecule has 1 amide bonds. The van der Waals surface area contributed by atoms with Gasteiger partial charge in [0.2, 0.25) is 0 Å². The first kappa shape index (κ1) is 21.7. The van der Waals surface area contributed by atoms with Crippen molar-refractivity contribution in [1.82, 2.24) is 20.1 Å². The van der Waals surface area contributed by atoms with Crippen LogP contribution < -0.4 is 5.32 Å². The van der Waals surface area contributed by atoms with E-state index in [1.807, 2.05) is 5.38 Å². The Hall–Kier alpha value is -3.17. The highest BCUT2D eigenvalue weighted by Gasteiger charge is 2.27. The van der Waals surface area contributed by atoms with Gasteiger partial charge in [-0.3, -0.25) is 9.48 Å². The number of benzene rings is 1. The molecule has 0 unspecified atom stereocenters. The third-order valence-corrected chi connectivity index (χ3v) is 7.04. The van der Waals surface area contributed by atoms with Crippen LogP contribution in [0.15, 0.2) is 42.0 Å². The number of pyridine rings is 1. The van der Waals surface area contributed by atoms with E-state index in [1.54, 1.807) is 36.3 Å². The molecule has 0 bridgehead atoms. The van der Waals surface area contributed by atoms with Gasteiger partial charge >= 0.3 is 0 Å². The van der Waals surface area contributed by atoms with Crippen molar-refractivity contribution >= 4 is 27.5 Å². The molecule has 1 aliphatic carbocycles. The van der Waals surface area contributed by atoms with Crippen molar-refractivity contribution in [1.29, 1.82) is 0 Å². The number of amides is 1. The van der Waals surface area contributed by atoms with Gasteiger partial charge in [0.1, 0.15) is 17.3 Å². The van der Waals surface area contributed by atoms with Gasteiger partial charge in [-0.15, -0.1) is 11.3 Å². The molecular formula is C24H22F2N4O2S. The number of carbonyl (C=O) groups is 1. The lowest BCUT2D eigenvalue weighted by atomic mass is 9.99. The fraction of sp³-hybridized carbons (Fsp3) is 0.292. The third kappa shape index (κ3) is 4.26. The number of aryl methyl sites for hydroxylation is 1. The van der Waals surface area contributed by atoms with Gasteiger partial charge in [0.25, 0.3) is 5.91 Å². The molecule has 170 valence electrons. The van der Waals surface area contributed by atoms with Crippen LogP contribution in [0.3, 0.4) is 0 Å². The Balaban J connectivity index is 1.47. The Morgan fingerprint density at radius 2 is 2.03 bits per heavy atom. The summed E-state index contributed by atoms with van der Waals surface area (Å²) < 4.78 is 32.4. The Kier molecular flexibility index (Phi) is 5.67. The molecule has 33 heavy (non-hydrogen) atoms. The molecule has 1 saturated carbocycles. The second kappa shape index (κ2) is 8.64. The first-order valence-electron chi connectivity index (χ1n) is 10.7. The summed E-state index contributed by atoms with van der Waals surface area (Å²) >= 11 is 1.41. The minimum absolute atomic E-state index is 0.0170. The number of carbonyl (C=O) groups excluding carboxylic acids is 1. The van der Waals surface area contributed by atoms with E-state index in [0.29, 0.717) is 35.0 Å². The predicted molar refractivity (Wildman–Crippen MR) is 122 cm³/mol. The molecule has 4 aromatic rings. The summed E-state index contributed by atoms with van der Waals surface area (Å²) in [4.78, 5) is 17.2. The smallest absolute Gasteiger partial charge is 0.270 e. The molecule has 1 fully saturated rings. The van der Waals surface area contributed by atoms with Crippen molar-refractivity contribution in [3.8, 4) is 11.1 Å². The molecule has 3 aromatic heterocycles. The molecule has 3 heterocycles. The van der Waals surface area contributed by atoms with Crippen LogP contribution in [0.2, 0.25) is 0 Å². The molecule has 6 nitrogen and oxygen atoms in total. The average molecular weight is 469 g/mol. The van der Waals surface area contributed by atoms with Crippen molar-refractivity contribution in [3.05, 3.63) is 70.5 Å². The highest BCUT2D eigenvalue weighted by atomic mass is 32.1. The molecule has 1 aliphatic rings. The van der Waals surface area contributed by atoms with Crippen molar-refractivity contribution in [3.63, 3.8) is 0 Å². The molecule has 1 aromatic carbocycles. The summed E-state index contributed by atoms with van der Waals surface area (Å²) in [5, 5.41) is 18.7. The summed E-state index contributed by atoms with van der Waals surface area (Å²) in [6, 6.07) is 5.66. The van der Waals surface area contributed by atoms with E-state index in [4.69, 9.17) is 0 Å². The summed E-state index contributed by atoms with van der Waals surface area (Å²) in [5.74, 6) is -1.71. The van der Waals surface area contributed by atoms with Gasteiger partial charge in [0.05, 0.1) is 28.6 Å². The van der Waals surface area contributed by atoms with Crippen LogP contribution in [0, 0.1) is 11.6 Å². The number of nitrogens with one attached hydrogen (secondary N) is 1. The Morgan fingerprint density at radius 1 is 1.24 bits per heavy atom. The minimum atomic E-state index is -0.657. The topological polar surface area (TPSA) is 80.0 Å². The van der Waals surface area contributed by atoms with E-state index in [2.05, 4.69) is 15.4 Å². The molecule has 2 atom stereocenters. The largest absolute Gasteiger partial charge is 0.391 e. The summed E-state index contributed by atoms with van der Waals surface area (Å²) in [7, 11) is 1.74. The molecule has 0 aliphatic heterocycles. The molecule has 0 radical (unpaired) electrons. The lowest BCUT2D eigenvalue weighted by Gasteiger charge is -2.16. The van der Waals surface area contributed by atoms with Gasteiger partial charge in [-0.1, -0.05) is 0 Å². The van der Waals surface area contributed by atoms with Gasteiger partial charge in [-0.2, -0.15) is 5.10 Å². The quantitative estimate of drug-likeness (QED) is 0.460. The number of hydrogen-bond donors (Lipinski definition) is 2. The van der Waals surface area contributed by atoms with Crippen molar-refractivity contribution in [2.24, 2.45) is 7.05 Å². The molecular weight excluding hydrogens is 446 g/mol. The maximum absolute atomic E-state index is 15.0. The number of aromatic nitrogens is 3. The predicted octanol–water partition coefficient (Wildman–Crippen LogP) is 4.21. The van der Waals surface area contributed by atoms with Gasteiger partial charge in [-0.25, -0.2) is 13.8 Å². The molecule has 2 N–H and O–H groups in total. The number of thiophene rings is 1. The normalized spacial score (nSPS) is 18.2. The summed E-state index contributed by atoms with van der Waals surface area (Å²) in [6.07, 6.45) is 4.87. The van der Waals surface area contributed by atoms with Gasteiger partial charge in [0, 0.05) is 30.8 Å². The second-order valence-corrected chi connectivity index (χ2v) is 9.29. The molecule has 0 saturated heterocycles. The monoisotopic (exact) mass is 468 g/mol. The number of nitrogens with zero attached hydrogens (tertiary/aromatic N) is 3. The fourth-order valence-corrected chi connectivity index (χ4v) is 5.17. The maximum atomic E-state index is 15.0. The zero-order chi connectivity index (χ0) is 23.1. The van der Waals surface area contributed by atoms with E-state index in [-0.39, 0.29) is 23.7 Å². The van der Waals surface area contributed by atoms with Crippen LogP contribution in [0.1, 0.15) is 40.9 Å². The minimum Gasteiger partial charge on any atom is -0.391 e. The number of aliphatic hydroxyl groups is 1. The zero-order valence-corrected chi connectivity index (χ0v) is 18.7. The van der Waals surface area contributed by atoms with E-state index in [9.17, 15) is 9.90 Å². The van der Waals surface area contributed by atoms with Crippen LogP contribution >= 0.6 is 11.3 Å². The zero-order valence-electron chi connectivity index (χ0n) is 17.9. The van der Waals surface area contributed by atoms with Gasteiger partial charge in [0.15, 0.2) is 0 Å². The standard InChI is InChI=1S/C24H22F2N4O2S/c1-30-12-15(11-27-30)13-8-17(25)16(18(26)9-13)7-14-10-21(28-20-5-6-33-23(14)20)24(32)29-19-3-2-4-22(19)31/h5-6,8-12,19,22,31H,2-4,7H2,1H3,(H,29,32)/t19-,22-/m0/s1. The molecule has 5 rings (SSSR count). The van der Waals surface area contributed by atoms with Gasteiger partial charge < -0.3 is 10.4 Å². The Morgan fingerprint density at radius 3 is 2.70 bits per heavy atom. The average Bonchev–Trinajstić information content (AvgIpc) is 3.52. The van der Waals surface area contributed by atoms with Crippen LogP contribution in [0.25, 0.3) is 21.3 Å². The highest BCUT2D eigenvalue weighted by Crippen LogP contribution is 2.30. The first-order chi connectivity index (χ1) is 15.9. The SMILES string of the molecule is Cn1cc(-c2cc(F)c(Cc3cc(C(=O)N[C@H]4CCC[C@@H]4O)nc4ccsc34)c(F)c2)cn1. The fourth-order valence-electron chi connectivity index (χ4n) is 4.32. The number of rotatable bonds is 5. The maximum Gasteiger partial charge on any atom is 0.270 e. The van der Waals surface area contributed by atoms with Crippen LogP contribution in [-0.2, 0) is 13.5 Å².